The molecule has 2 amide bonds. The minimum Gasteiger partial charge on any atom is -0.465 e. The van der Waals surface area contributed by atoms with E-state index >= 15 is 0 Å². The predicted molar refractivity (Wildman–Crippen MR) is 66.9 cm³/mol. The number of rotatable bonds is 5. The van der Waals surface area contributed by atoms with Gasteiger partial charge in [0.2, 0.25) is 0 Å². The molecule has 96 valence electrons. The number of hydrogen-bond donors (Lipinski definition) is 2. The largest absolute Gasteiger partial charge is 0.465 e. The standard InChI is InChI=1S/C12H21N3O2/c1-9-5-6-11(17-9)10(2)13-7-8-14-12(16)15(3)4/h5-6,10,13H,7-8H2,1-4H3,(H,14,16). The molecule has 0 bridgehead atoms. The first-order valence-electron chi connectivity index (χ1n) is 5.75. The van der Waals surface area contributed by atoms with E-state index in [0.717, 1.165) is 11.5 Å². The Morgan fingerprint density at radius 3 is 2.65 bits per heavy atom. The third-order valence-electron chi connectivity index (χ3n) is 2.45. The zero-order valence-corrected chi connectivity index (χ0v) is 10.9. The van der Waals surface area contributed by atoms with Crippen molar-refractivity contribution in [3.63, 3.8) is 0 Å². The summed E-state index contributed by atoms with van der Waals surface area (Å²) in [4.78, 5) is 12.7. The molecule has 2 N–H and O–H groups in total. The van der Waals surface area contributed by atoms with Crippen LogP contribution in [0.25, 0.3) is 0 Å². The van der Waals surface area contributed by atoms with Crippen LogP contribution in [0.15, 0.2) is 16.5 Å². The third-order valence-corrected chi connectivity index (χ3v) is 2.45. The van der Waals surface area contributed by atoms with Crippen LogP contribution in [0, 0.1) is 6.92 Å². The van der Waals surface area contributed by atoms with Gasteiger partial charge in [0.1, 0.15) is 11.5 Å². The van der Waals surface area contributed by atoms with E-state index in [4.69, 9.17) is 4.42 Å². The van der Waals surface area contributed by atoms with Gasteiger partial charge in [0, 0.05) is 27.2 Å². The minimum atomic E-state index is -0.0757. The molecule has 0 saturated carbocycles. The first-order chi connectivity index (χ1) is 8.00. The lowest BCUT2D eigenvalue weighted by Crippen LogP contribution is -2.38. The van der Waals surface area contributed by atoms with E-state index in [1.165, 1.54) is 4.90 Å². The second kappa shape index (κ2) is 6.30. The number of hydrogen-bond acceptors (Lipinski definition) is 3. The van der Waals surface area contributed by atoms with Crippen molar-refractivity contribution in [2.45, 2.75) is 19.9 Å². The van der Waals surface area contributed by atoms with Crippen LogP contribution in [0.2, 0.25) is 0 Å². The molecular formula is C12H21N3O2. The second-order valence-corrected chi connectivity index (χ2v) is 4.25. The number of nitrogens with zero attached hydrogens (tertiary/aromatic N) is 1. The fourth-order valence-electron chi connectivity index (χ4n) is 1.40. The molecule has 0 saturated heterocycles. The van der Waals surface area contributed by atoms with Crippen molar-refractivity contribution in [3.8, 4) is 0 Å². The van der Waals surface area contributed by atoms with Crippen LogP contribution in [-0.4, -0.2) is 38.1 Å². The Morgan fingerprint density at radius 2 is 2.12 bits per heavy atom. The third kappa shape index (κ3) is 4.48. The normalized spacial score (nSPS) is 12.2. The molecular weight excluding hydrogens is 218 g/mol. The number of furan rings is 1. The van der Waals surface area contributed by atoms with Gasteiger partial charge in [0.05, 0.1) is 6.04 Å². The summed E-state index contributed by atoms with van der Waals surface area (Å²) in [7, 11) is 3.44. The van der Waals surface area contributed by atoms with Crippen molar-refractivity contribution >= 4 is 6.03 Å². The Hall–Kier alpha value is -1.49. The van der Waals surface area contributed by atoms with Gasteiger partial charge in [-0.15, -0.1) is 0 Å². The maximum absolute atomic E-state index is 11.2. The Balaban J connectivity index is 2.21. The smallest absolute Gasteiger partial charge is 0.316 e. The van der Waals surface area contributed by atoms with E-state index in [-0.39, 0.29) is 12.1 Å². The van der Waals surface area contributed by atoms with Crippen LogP contribution in [-0.2, 0) is 0 Å². The lowest BCUT2D eigenvalue weighted by Gasteiger charge is -2.14. The molecule has 1 atom stereocenters. The van der Waals surface area contributed by atoms with Crippen LogP contribution in [0.5, 0.6) is 0 Å². The first kappa shape index (κ1) is 13.6. The van der Waals surface area contributed by atoms with Crippen molar-refractivity contribution in [2.75, 3.05) is 27.2 Å². The van der Waals surface area contributed by atoms with Gasteiger partial charge in [-0.05, 0) is 26.0 Å². The number of nitrogens with one attached hydrogen (secondary N) is 2. The van der Waals surface area contributed by atoms with E-state index in [1.54, 1.807) is 14.1 Å². The highest BCUT2D eigenvalue weighted by atomic mass is 16.3. The van der Waals surface area contributed by atoms with Gasteiger partial charge in [-0.3, -0.25) is 0 Å². The number of urea groups is 1. The van der Waals surface area contributed by atoms with Gasteiger partial charge < -0.3 is 20.0 Å². The fourth-order valence-corrected chi connectivity index (χ4v) is 1.40. The van der Waals surface area contributed by atoms with Crippen molar-refractivity contribution in [3.05, 3.63) is 23.7 Å². The number of amides is 2. The average molecular weight is 239 g/mol. The number of aryl methyl sites for hydroxylation is 1. The van der Waals surface area contributed by atoms with Gasteiger partial charge in [-0.2, -0.15) is 0 Å². The Labute approximate surface area is 102 Å². The molecule has 0 aliphatic carbocycles. The summed E-state index contributed by atoms with van der Waals surface area (Å²) in [5.74, 6) is 1.83. The Morgan fingerprint density at radius 1 is 1.41 bits per heavy atom. The molecule has 0 fully saturated rings. The molecule has 0 aromatic carbocycles. The Bertz CT molecular complexity index is 360. The van der Waals surface area contributed by atoms with E-state index in [2.05, 4.69) is 10.6 Å². The van der Waals surface area contributed by atoms with E-state index in [9.17, 15) is 4.79 Å². The van der Waals surface area contributed by atoms with Crippen LogP contribution < -0.4 is 10.6 Å². The monoisotopic (exact) mass is 239 g/mol. The molecule has 0 spiro atoms. The summed E-state index contributed by atoms with van der Waals surface area (Å²) in [5, 5.41) is 6.07. The lowest BCUT2D eigenvalue weighted by atomic mass is 10.2. The van der Waals surface area contributed by atoms with Gasteiger partial charge in [0.25, 0.3) is 0 Å². The molecule has 0 radical (unpaired) electrons. The van der Waals surface area contributed by atoms with Gasteiger partial charge in [0.15, 0.2) is 0 Å². The highest BCUT2D eigenvalue weighted by Gasteiger charge is 2.08. The molecule has 1 aromatic heterocycles. The molecule has 0 aliphatic rings. The zero-order valence-electron chi connectivity index (χ0n) is 10.9. The summed E-state index contributed by atoms with van der Waals surface area (Å²) in [5.41, 5.74) is 0. The van der Waals surface area contributed by atoms with Gasteiger partial charge >= 0.3 is 6.03 Å². The molecule has 1 unspecified atom stereocenters. The molecule has 1 heterocycles. The number of carbonyl (C=O) groups is 1. The molecule has 0 aliphatic heterocycles. The first-order valence-corrected chi connectivity index (χ1v) is 5.75. The molecule has 17 heavy (non-hydrogen) atoms. The second-order valence-electron chi connectivity index (χ2n) is 4.25. The maximum atomic E-state index is 11.2. The van der Waals surface area contributed by atoms with Crippen molar-refractivity contribution in [2.24, 2.45) is 0 Å². The van der Waals surface area contributed by atoms with Crippen molar-refractivity contribution < 1.29 is 9.21 Å². The Kier molecular flexibility index (Phi) is 5.03. The zero-order chi connectivity index (χ0) is 12.8. The molecule has 5 nitrogen and oxygen atoms in total. The van der Waals surface area contributed by atoms with Crippen LogP contribution in [0.4, 0.5) is 4.79 Å². The average Bonchev–Trinajstić information content (AvgIpc) is 2.70. The van der Waals surface area contributed by atoms with Crippen LogP contribution in [0.1, 0.15) is 24.5 Å². The van der Waals surface area contributed by atoms with Crippen LogP contribution in [0.3, 0.4) is 0 Å². The van der Waals surface area contributed by atoms with Gasteiger partial charge in [-0.1, -0.05) is 0 Å². The quantitative estimate of drug-likeness (QED) is 0.766. The summed E-state index contributed by atoms with van der Waals surface area (Å²) in [6.45, 7) is 5.26. The summed E-state index contributed by atoms with van der Waals surface area (Å²) >= 11 is 0. The van der Waals surface area contributed by atoms with E-state index < -0.39 is 0 Å². The molecule has 1 aromatic rings. The highest BCUT2D eigenvalue weighted by molar-refractivity contribution is 5.73. The van der Waals surface area contributed by atoms with E-state index in [1.807, 2.05) is 26.0 Å². The fraction of sp³-hybridized carbons (Fsp3) is 0.583. The predicted octanol–water partition coefficient (Wildman–Crippen LogP) is 1.51. The highest BCUT2D eigenvalue weighted by Crippen LogP contribution is 2.14. The van der Waals surface area contributed by atoms with Crippen LogP contribution >= 0.6 is 0 Å². The SMILES string of the molecule is Cc1ccc(C(C)NCCNC(=O)N(C)C)o1. The maximum Gasteiger partial charge on any atom is 0.316 e. The van der Waals surface area contributed by atoms with Gasteiger partial charge in [-0.25, -0.2) is 4.79 Å². The number of carbonyl (C=O) groups excluding carboxylic acids is 1. The van der Waals surface area contributed by atoms with Crippen molar-refractivity contribution in [1.82, 2.24) is 15.5 Å². The summed E-state index contributed by atoms with van der Waals surface area (Å²) in [6.07, 6.45) is 0. The molecule has 5 heteroatoms. The van der Waals surface area contributed by atoms with Crippen molar-refractivity contribution in [1.29, 1.82) is 0 Å². The minimum absolute atomic E-state index is 0.0757. The summed E-state index contributed by atoms with van der Waals surface area (Å²) < 4.78 is 5.50. The summed E-state index contributed by atoms with van der Waals surface area (Å²) in [6, 6.07) is 3.99. The van der Waals surface area contributed by atoms with E-state index in [0.29, 0.717) is 13.1 Å². The molecule has 1 rings (SSSR count). The lowest BCUT2D eigenvalue weighted by molar-refractivity contribution is 0.217. The topological polar surface area (TPSA) is 57.5 Å².